The van der Waals surface area contributed by atoms with Gasteiger partial charge in [0.15, 0.2) is 0 Å². The first kappa shape index (κ1) is 25.5. The van der Waals surface area contributed by atoms with Crippen LogP contribution in [0.3, 0.4) is 0 Å². The van der Waals surface area contributed by atoms with Crippen LogP contribution in [0.2, 0.25) is 0 Å². The van der Waals surface area contributed by atoms with E-state index in [-0.39, 0.29) is 17.8 Å². The van der Waals surface area contributed by atoms with Gasteiger partial charge in [0.2, 0.25) is 0 Å². The molecule has 0 amide bonds. The minimum Gasteiger partial charge on any atom is -0.387 e. The fraction of sp³-hybridized carbons (Fsp3) is 0.357. The van der Waals surface area contributed by atoms with Crippen molar-refractivity contribution in [3.05, 3.63) is 112 Å². The molecule has 6 nitrogen and oxygen atoms in total. The molecule has 0 spiro atoms. The molecule has 7 heteroatoms. The topological polar surface area (TPSA) is 85.2 Å². The van der Waals surface area contributed by atoms with E-state index in [1.54, 1.807) is 0 Å². The molecule has 1 aliphatic rings. The second-order valence-electron chi connectivity index (χ2n) is 10.1. The van der Waals surface area contributed by atoms with Crippen LogP contribution < -0.4 is 5.32 Å². The van der Waals surface area contributed by atoms with Crippen LogP contribution in [0.1, 0.15) is 72.9 Å². The minimum absolute atomic E-state index is 0.242. The number of nitrogens with zero attached hydrogens (tertiary/aromatic N) is 2. The second kappa shape index (κ2) is 10.2. The smallest absolute Gasteiger partial charge is 0.0914 e. The second-order valence-corrected chi connectivity index (χ2v) is 10.9. The van der Waals surface area contributed by atoms with E-state index in [0.717, 1.165) is 39.8 Å². The monoisotopic (exact) mass is 491 g/mol. The molecule has 0 aliphatic carbocycles. The molecule has 0 saturated carbocycles. The van der Waals surface area contributed by atoms with Gasteiger partial charge < -0.3 is 15.6 Å². The van der Waals surface area contributed by atoms with Crippen molar-refractivity contribution >= 4 is 11.9 Å². The standard InChI is InChI=1S/C28H33N3O3S/c1-27(2)22-16-15-21(17-23(22)28(3,4)31(27)34)24(32)18-29-25(19-11-7-5-8-12-19)26(35-30-33)20-13-9-6-10-14-20/h5-17,24-26,29,32,34H,18H2,1-4H3/t24-,25+,26-/m0/s1. The zero-order chi connectivity index (χ0) is 25.2. The van der Waals surface area contributed by atoms with E-state index in [0.29, 0.717) is 0 Å². The van der Waals surface area contributed by atoms with Crippen LogP contribution in [0.4, 0.5) is 0 Å². The van der Waals surface area contributed by atoms with Gasteiger partial charge in [-0.3, -0.25) is 0 Å². The SMILES string of the molecule is CC1(C)c2ccc([C@@H](O)CN[C@H](c3ccccc3)[C@@H](SN=O)c3ccccc3)cc2C(C)(C)N1O. The molecular formula is C28H33N3O3S. The first-order valence-electron chi connectivity index (χ1n) is 11.8. The third-order valence-corrected chi connectivity index (χ3v) is 7.94. The van der Waals surface area contributed by atoms with Crippen molar-refractivity contribution in [2.24, 2.45) is 4.58 Å². The summed E-state index contributed by atoms with van der Waals surface area (Å²) >= 11 is 0.988. The Hall–Kier alpha value is -2.55. The highest BCUT2D eigenvalue weighted by molar-refractivity contribution is 7.98. The van der Waals surface area contributed by atoms with Gasteiger partial charge in [-0.15, -0.1) is 4.91 Å². The summed E-state index contributed by atoms with van der Waals surface area (Å²) in [5.41, 5.74) is 3.74. The van der Waals surface area contributed by atoms with Crippen molar-refractivity contribution in [3.63, 3.8) is 0 Å². The summed E-state index contributed by atoms with van der Waals surface area (Å²) in [6.07, 6.45) is -0.774. The molecule has 35 heavy (non-hydrogen) atoms. The average Bonchev–Trinajstić information content (AvgIpc) is 3.01. The fourth-order valence-electron chi connectivity index (χ4n) is 5.16. The van der Waals surface area contributed by atoms with Crippen LogP contribution >= 0.6 is 11.9 Å². The molecule has 0 aromatic heterocycles. The van der Waals surface area contributed by atoms with Crippen LogP contribution in [0, 0.1) is 4.91 Å². The Bertz CT molecular complexity index is 1150. The lowest BCUT2D eigenvalue weighted by Gasteiger charge is -2.34. The van der Waals surface area contributed by atoms with Crippen molar-refractivity contribution < 1.29 is 10.3 Å². The first-order chi connectivity index (χ1) is 16.7. The lowest BCUT2D eigenvalue weighted by atomic mass is 9.88. The van der Waals surface area contributed by atoms with E-state index in [2.05, 4.69) is 9.90 Å². The van der Waals surface area contributed by atoms with Crippen LogP contribution in [0.25, 0.3) is 0 Å². The summed E-state index contributed by atoms with van der Waals surface area (Å²) in [6.45, 7) is 8.23. The van der Waals surface area contributed by atoms with Crippen LogP contribution in [-0.4, -0.2) is 21.9 Å². The van der Waals surface area contributed by atoms with Gasteiger partial charge in [0.1, 0.15) is 0 Å². The maximum atomic E-state index is 11.3. The number of aliphatic hydroxyl groups is 1. The molecule has 0 saturated heterocycles. The van der Waals surface area contributed by atoms with Gasteiger partial charge in [-0.25, -0.2) is 0 Å². The van der Waals surface area contributed by atoms with Crippen LogP contribution in [0.5, 0.6) is 0 Å². The Balaban J connectivity index is 1.60. The van der Waals surface area contributed by atoms with Gasteiger partial charge >= 0.3 is 0 Å². The van der Waals surface area contributed by atoms with E-state index in [4.69, 9.17) is 0 Å². The quantitative estimate of drug-likeness (QED) is 0.238. The van der Waals surface area contributed by atoms with Gasteiger partial charge in [0.05, 0.1) is 28.5 Å². The molecule has 1 heterocycles. The van der Waals surface area contributed by atoms with E-state index in [1.807, 2.05) is 107 Å². The summed E-state index contributed by atoms with van der Waals surface area (Å²) in [6, 6.07) is 25.4. The van der Waals surface area contributed by atoms with Crippen molar-refractivity contribution in [2.45, 2.75) is 56.2 Å². The van der Waals surface area contributed by atoms with Gasteiger partial charge in [-0.1, -0.05) is 78.9 Å². The molecule has 184 valence electrons. The Morgan fingerprint density at radius 1 is 0.857 bits per heavy atom. The number of fused-ring (bicyclic) bond motifs is 1. The molecule has 0 radical (unpaired) electrons. The summed E-state index contributed by atoms with van der Waals surface area (Å²) in [5.74, 6) is 0. The lowest BCUT2D eigenvalue weighted by molar-refractivity contribution is -0.216. The molecule has 3 aromatic rings. The van der Waals surface area contributed by atoms with E-state index >= 15 is 0 Å². The van der Waals surface area contributed by atoms with Crippen LogP contribution in [-0.2, 0) is 11.1 Å². The summed E-state index contributed by atoms with van der Waals surface area (Å²) in [4.78, 5) is 11.3. The highest BCUT2D eigenvalue weighted by atomic mass is 32.2. The highest BCUT2D eigenvalue weighted by Gasteiger charge is 2.48. The summed E-state index contributed by atoms with van der Waals surface area (Å²) < 4.78 is 3.16. The maximum absolute atomic E-state index is 11.3. The zero-order valence-electron chi connectivity index (χ0n) is 20.6. The number of rotatable bonds is 9. The highest BCUT2D eigenvalue weighted by Crippen LogP contribution is 2.48. The Morgan fingerprint density at radius 3 is 2.03 bits per heavy atom. The predicted octanol–water partition coefficient (Wildman–Crippen LogP) is 6.38. The minimum atomic E-state index is -0.774. The number of nitroso groups, excluding NO2 is 1. The number of hydrogen-bond acceptors (Lipinski definition) is 7. The zero-order valence-corrected chi connectivity index (χ0v) is 21.4. The van der Waals surface area contributed by atoms with Crippen molar-refractivity contribution in [1.82, 2.24) is 10.4 Å². The lowest BCUT2D eigenvalue weighted by Crippen LogP contribution is -2.42. The third kappa shape index (κ3) is 4.92. The predicted molar refractivity (Wildman–Crippen MR) is 141 cm³/mol. The normalized spacial score (nSPS) is 19.0. The molecule has 0 bridgehead atoms. The molecule has 4 rings (SSSR count). The van der Waals surface area contributed by atoms with Gasteiger partial charge in [0, 0.05) is 23.1 Å². The molecule has 0 unspecified atom stereocenters. The van der Waals surface area contributed by atoms with Gasteiger partial charge in [-0.2, -0.15) is 5.06 Å². The van der Waals surface area contributed by atoms with Gasteiger partial charge in [-0.05, 0) is 55.5 Å². The molecule has 0 fully saturated rings. The Kier molecular flexibility index (Phi) is 7.45. The molecule has 3 atom stereocenters. The fourth-order valence-corrected chi connectivity index (χ4v) is 5.90. The third-order valence-electron chi connectivity index (χ3n) is 7.08. The number of hydroxylamine groups is 2. The summed E-state index contributed by atoms with van der Waals surface area (Å²) in [7, 11) is 0. The molecule has 3 aromatic carbocycles. The first-order valence-corrected chi connectivity index (χ1v) is 12.7. The Labute approximate surface area is 211 Å². The van der Waals surface area contributed by atoms with Crippen molar-refractivity contribution in [2.75, 3.05) is 6.54 Å². The Morgan fingerprint density at radius 2 is 1.43 bits per heavy atom. The number of benzene rings is 3. The van der Waals surface area contributed by atoms with Crippen molar-refractivity contribution in [1.29, 1.82) is 0 Å². The van der Waals surface area contributed by atoms with Crippen LogP contribution in [0.15, 0.2) is 83.4 Å². The molecule has 1 aliphatic heterocycles. The average molecular weight is 492 g/mol. The molecular weight excluding hydrogens is 458 g/mol. The maximum Gasteiger partial charge on any atom is 0.0914 e. The van der Waals surface area contributed by atoms with Gasteiger partial charge in [0.25, 0.3) is 0 Å². The molecule has 3 N–H and O–H groups in total. The summed E-state index contributed by atoms with van der Waals surface area (Å²) in [5, 5.41) is 26.6. The number of aliphatic hydroxyl groups excluding tert-OH is 1. The number of nitrogens with one attached hydrogen (secondary N) is 1. The van der Waals surface area contributed by atoms with E-state index in [1.165, 1.54) is 5.06 Å². The van der Waals surface area contributed by atoms with Crippen molar-refractivity contribution in [3.8, 4) is 0 Å². The largest absolute Gasteiger partial charge is 0.387 e. The number of hydrogen-bond donors (Lipinski definition) is 3. The van der Waals surface area contributed by atoms with E-state index < -0.39 is 17.2 Å². The van der Waals surface area contributed by atoms with E-state index in [9.17, 15) is 15.2 Å².